The van der Waals surface area contributed by atoms with Gasteiger partial charge in [0.25, 0.3) is 5.91 Å². The van der Waals surface area contributed by atoms with Gasteiger partial charge < -0.3 is 15.0 Å². The van der Waals surface area contributed by atoms with E-state index in [1.807, 2.05) is 25.1 Å². The smallest absolute Gasteiger partial charge is 0.260 e. The van der Waals surface area contributed by atoms with Crippen LogP contribution in [0.15, 0.2) is 53.4 Å². The molecule has 1 aliphatic heterocycles. The lowest BCUT2D eigenvalue weighted by Crippen LogP contribution is -2.51. The summed E-state index contributed by atoms with van der Waals surface area (Å²) in [7, 11) is -3.67. The molecule has 0 spiro atoms. The van der Waals surface area contributed by atoms with Crippen LogP contribution >= 0.6 is 0 Å². The zero-order valence-electron chi connectivity index (χ0n) is 17.0. The van der Waals surface area contributed by atoms with Crippen molar-refractivity contribution in [2.24, 2.45) is 0 Å². The average molecular weight is 432 g/mol. The van der Waals surface area contributed by atoms with Crippen molar-refractivity contribution in [1.29, 1.82) is 0 Å². The van der Waals surface area contributed by atoms with Gasteiger partial charge in [-0.05, 0) is 48.9 Å². The first-order valence-electron chi connectivity index (χ1n) is 9.61. The van der Waals surface area contributed by atoms with Gasteiger partial charge in [-0.25, -0.2) is 8.42 Å². The number of aryl methyl sites for hydroxylation is 1. The van der Waals surface area contributed by atoms with Crippen molar-refractivity contribution in [3.63, 3.8) is 0 Å². The van der Waals surface area contributed by atoms with Crippen molar-refractivity contribution in [3.05, 3.63) is 54.1 Å². The number of nitrogens with one attached hydrogen (secondary N) is 1. The van der Waals surface area contributed by atoms with Crippen LogP contribution in [-0.2, 0) is 19.6 Å². The molecule has 160 valence electrons. The molecule has 1 saturated heterocycles. The van der Waals surface area contributed by atoms with Crippen molar-refractivity contribution in [2.45, 2.75) is 18.7 Å². The van der Waals surface area contributed by atoms with Crippen LogP contribution in [0.25, 0.3) is 0 Å². The second kappa shape index (κ2) is 9.27. The third kappa shape index (κ3) is 5.37. The Balaban J connectivity index is 1.54. The van der Waals surface area contributed by atoms with Crippen LogP contribution < -0.4 is 10.1 Å². The minimum absolute atomic E-state index is 0.0825. The number of amides is 2. The molecule has 0 aliphatic carbocycles. The minimum Gasteiger partial charge on any atom is -0.484 e. The molecule has 9 heteroatoms. The van der Waals surface area contributed by atoms with Crippen LogP contribution in [0.5, 0.6) is 5.75 Å². The fourth-order valence-electron chi connectivity index (χ4n) is 3.18. The van der Waals surface area contributed by atoms with Crippen LogP contribution in [0, 0.1) is 6.92 Å². The number of piperazine rings is 1. The molecule has 1 aliphatic rings. The zero-order valence-corrected chi connectivity index (χ0v) is 17.8. The van der Waals surface area contributed by atoms with Gasteiger partial charge >= 0.3 is 0 Å². The van der Waals surface area contributed by atoms with Gasteiger partial charge in [0, 0.05) is 38.8 Å². The number of benzene rings is 2. The van der Waals surface area contributed by atoms with E-state index in [-0.39, 0.29) is 36.4 Å². The highest BCUT2D eigenvalue weighted by molar-refractivity contribution is 7.89. The maximum absolute atomic E-state index is 12.9. The van der Waals surface area contributed by atoms with Crippen LogP contribution in [-0.4, -0.2) is 62.2 Å². The lowest BCUT2D eigenvalue weighted by atomic mass is 10.2. The number of hydrogen-bond acceptors (Lipinski definition) is 5. The Morgan fingerprint density at radius 1 is 1.03 bits per heavy atom. The molecular formula is C21H25N3O5S. The molecule has 0 atom stereocenters. The van der Waals surface area contributed by atoms with Gasteiger partial charge in [-0.15, -0.1) is 0 Å². The maximum Gasteiger partial charge on any atom is 0.260 e. The van der Waals surface area contributed by atoms with Crippen molar-refractivity contribution in [3.8, 4) is 5.75 Å². The van der Waals surface area contributed by atoms with Gasteiger partial charge in [-0.3, -0.25) is 9.59 Å². The Labute approximate surface area is 176 Å². The second-order valence-electron chi connectivity index (χ2n) is 7.10. The topological polar surface area (TPSA) is 96.0 Å². The predicted molar refractivity (Wildman–Crippen MR) is 113 cm³/mol. The molecule has 2 aromatic carbocycles. The first-order chi connectivity index (χ1) is 14.3. The molecule has 0 saturated carbocycles. The molecule has 3 rings (SSSR count). The Bertz CT molecular complexity index is 1010. The monoisotopic (exact) mass is 431 g/mol. The van der Waals surface area contributed by atoms with Gasteiger partial charge in [0.05, 0.1) is 4.90 Å². The van der Waals surface area contributed by atoms with Crippen molar-refractivity contribution < 1.29 is 22.7 Å². The molecule has 8 nitrogen and oxygen atoms in total. The van der Waals surface area contributed by atoms with Crippen molar-refractivity contribution >= 4 is 27.5 Å². The van der Waals surface area contributed by atoms with E-state index in [0.717, 1.165) is 5.56 Å². The van der Waals surface area contributed by atoms with Gasteiger partial charge in [-0.1, -0.05) is 12.1 Å². The summed E-state index contributed by atoms with van der Waals surface area (Å²) in [5.41, 5.74) is 1.58. The molecule has 0 unspecified atom stereocenters. The standard InChI is InChI=1S/C21H25N3O5S/c1-16-4-3-5-19(14-16)29-15-21(26)23-10-12-24(13-11-23)30(27,28)20-8-6-18(7-9-20)22-17(2)25/h3-9,14H,10-13,15H2,1-2H3,(H,22,25). The lowest BCUT2D eigenvalue weighted by molar-refractivity contribution is -0.134. The van der Waals surface area contributed by atoms with Crippen LogP contribution in [0.4, 0.5) is 5.69 Å². The molecule has 0 bridgehead atoms. The third-order valence-corrected chi connectivity index (χ3v) is 6.67. The largest absolute Gasteiger partial charge is 0.484 e. The molecule has 0 radical (unpaired) electrons. The predicted octanol–water partition coefficient (Wildman–Crippen LogP) is 1.87. The number of anilines is 1. The average Bonchev–Trinajstić information content (AvgIpc) is 2.72. The Hall–Kier alpha value is -2.91. The second-order valence-corrected chi connectivity index (χ2v) is 9.03. The quantitative estimate of drug-likeness (QED) is 0.753. The van der Waals surface area contributed by atoms with E-state index < -0.39 is 10.0 Å². The van der Waals surface area contributed by atoms with Gasteiger partial charge in [0.1, 0.15) is 5.75 Å². The van der Waals surface area contributed by atoms with Crippen LogP contribution in [0.1, 0.15) is 12.5 Å². The summed E-state index contributed by atoms with van der Waals surface area (Å²) in [4.78, 5) is 25.3. The minimum atomic E-state index is -3.67. The molecule has 1 fully saturated rings. The summed E-state index contributed by atoms with van der Waals surface area (Å²) in [5, 5.41) is 2.60. The summed E-state index contributed by atoms with van der Waals surface area (Å²) in [6.07, 6.45) is 0. The number of carbonyl (C=O) groups is 2. The van der Waals surface area contributed by atoms with E-state index in [1.165, 1.54) is 23.4 Å². The molecule has 2 amide bonds. The summed E-state index contributed by atoms with van der Waals surface area (Å²) in [6, 6.07) is 13.5. The van der Waals surface area contributed by atoms with E-state index in [9.17, 15) is 18.0 Å². The van der Waals surface area contributed by atoms with E-state index in [1.54, 1.807) is 23.1 Å². The summed E-state index contributed by atoms with van der Waals surface area (Å²) < 4.78 is 32.6. The summed E-state index contributed by atoms with van der Waals surface area (Å²) in [6.45, 7) is 4.29. The molecule has 30 heavy (non-hydrogen) atoms. The first kappa shape index (κ1) is 21.8. The molecule has 1 N–H and O–H groups in total. The Morgan fingerprint density at radius 2 is 1.70 bits per heavy atom. The summed E-state index contributed by atoms with van der Waals surface area (Å²) in [5.74, 6) is 0.235. The van der Waals surface area contributed by atoms with Crippen LogP contribution in [0.3, 0.4) is 0 Å². The van der Waals surface area contributed by atoms with Crippen LogP contribution in [0.2, 0.25) is 0 Å². The normalized spacial score (nSPS) is 14.9. The van der Waals surface area contributed by atoms with E-state index >= 15 is 0 Å². The third-order valence-electron chi connectivity index (χ3n) is 4.76. The number of nitrogens with zero attached hydrogens (tertiary/aromatic N) is 2. The number of rotatable bonds is 6. The fraction of sp³-hybridized carbons (Fsp3) is 0.333. The molecule has 0 aromatic heterocycles. The first-order valence-corrected chi connectivity index (χ1v) is 11.0. The summed E-state index contributed by atoms with van der Waals surface area (Å²) >= 11 is 0. The van der Waals surface area contributed by atoms with Gasteiger partial charge in [0.2, 0.25) is 15.9 Å². The Morgan fingerprint density at radius 3 is 2.30 bits per heavy atom. The number of sulfonamides is 1. The van der Waals surface area contributed by atoms with Crippen molar-refractivity contribution in [1.82, 2.24) is 9.21 Å². The number of hydrogen-bond donors (Lipinski definition) is 1. The number of ether oxygens (including phenoxy) is 1. The SMILES string of the molecule is CC(=O)Nc1ccc(S(=O)(=O)N2CCN(C(=O)COc3cccc(C)c3)CC2)cc1. The van der Waals surface area contributed by atoms with E-state index in [0.29, 0.717) is 24.5 Å². The van der Waals surface area contributed by atoms with Gasteiger partial charge in [-0.2, -0.15) is 4.31 Å². The molecule has 2 aromatic rings. The highest BCUT2D eigenvalue weighted by atomic mass is 32.2. The van der Waals surface area contributed by atoms with Crippen molar-refractivity contribution in [2.75, 3.05) is 38.1 Å². The maximum atomic E-state index is 12.9. The molecular weight excluding hydrogens is 406 g/mol. The lowest BCUT2D eigenvalue weighted by Gasteiger charge is -2.34. The highest BCUT2D eigenvalue weighted by Gasteiger charge is 2.30. The zero-order chi connectivity index (χ0) is 21.7. The van der Waals surface area contributed by atoms with E-state index in [4.69, 9.17) is 4.74 Å². The Kier molecular flexibility index (Phi) is 6.73. The van der Waals surface area contributed by atoms with Gasteiger partial charge in [0.15, 0.2) is 6.61 Å². The molecule has 1 heterocycles. The number of carbonyl (C=O) groups excluding carboxylic acids is 2. The fourth-order valence-corrected chi connectivity index (χ4v) is 4.60. The van der Waals surface area contributed by atoms with E-state index in [2.05, 4.69) is 5.32 Å². The highest BCUT2D eigenvalue weighted by Crippen LogP contribution is 2.20.